The smallest absolute Gasteiger partial charge is 0.0544 e. The van der Waals surface area contributed by atoms with E-state index in [-0.39, 0.29) is 0 Å². The van der Waals surface area contributed by atoms with Gasteiger partial charge in [-0.25, -0.2) is 0 Å². The number of rotatable bonds is 5. The highest BCUT2D eigenvalue weighted by atomic mass is 15.1. The third kappa shape index (κ3) is 2.66. The Morgan fingerprint density at radius 3 is 2.74 bits per heavy atom. The molecule has 2 aromatic rings. The second-order valence-corrected chi connectivity index (χ2v) is 5.13. The molecule has 1 aromatic carbocycles. The lowest BCUT2D eigenvalue weighted by molar-refractivity contribution is 0.485. The van der Waals surface area contributed by atoms with Crippen LogP contribution in [0.3, 0.4) is 0 Å². The van der Waals surface area contributed by atoms with Gasteiger partial charge in [0, 0.05) is 12.2 Å². The monoisotopic (exact) mass is 253 g/mol. The Balaban J connectivity index is 1.77. The first-order valence-corrected chi connectivity index (χ1v) is 6.95. The van der Waals surface area contributed by atoms with Crippen molar-refractivity contribution >= 4 is 0 Å². The van der Waals surface area contributed by atoms with E-state index < -0.39 is 0 Å². The zero-order chi connectivity index (χ0) is 13.1. The lowest BCUT2D eigenvalue weighted by Crippen LogP contribution is -2.23. The molecule has 3 atom stereocenters. The van der Waals surface area contributed by atoms with Crippen LogP contribution < -0.4 is 5.32 Å². The molecule has 3 nitrogen and oxygen atoms in total. The van der Waals surface area contributed by atoms with E-state index in [2.05, 4.69) is 58.8 Å². The Hall–Kier alpha value is -1.74. The number of hydrogen-bond donors (Lipinski definition) is 1. The third-order valence-corrected chi connectivity index (χ3v) is 3.89. The molecule has 3 heteroatoms. The number of aromatic nitrogens is 2. The van der Waals surface area contributed by atoms with Gasteiger partial charge in [0.1, 0.15) is 0 Å². The molecule has 98 valence electrons. The fourth-order valence-corrected chi connectivity index (χ4v) is 2.89. The van der Waals surface area contributed by atoms with Crippen LogP contribution in [0.5, 0.6) is 0 Å². The summed E-state index contributed by atoms with van der Waals surface area (Å²) in [5.74, 6) is 1.35. The zero-order valence-corrected chi connectivity index (χ0v) is 11.2. The molecule has 0 saturated heterocycles. The fraction of sp³-hybridized carbons (Fsp3) is 0.375. The first kappa shape index (κ1) is 12.3. The van der Waals surface area contributed by atoms with Crippen LogP contribution in [0, 0.1) is 5.92 Å². The minimum Gasteiger partial charge on any atom is -0.310 e. The van der Waals surface area contributed by atoms with E-state index in [0.717, 1.165) is 6.54 Å². The number of benzene rings is 1. The molecule has 0 aliphatic heterocycles. The summed E-state index contributed by atoms with van der Waals surface area (Å²) < 4.78 is 0. The van der Waals surface area contributed by atoms with Gasteiger partial charge in [-0.3, -0.25) is 0 Å². The Morgan fingerprint density at radius 1 is 1.21 bits per heavy atom. The van der Waals surface area contributed by atoms with E-state index in [1.807, 2.05) is 6.20 Å². The Kier molecular flexibility index (Phi) is 3.56. The number of hydrogen-bond acceptors (Lipinski definition) is 3. The molecule has 0 spiro atoms. The van der Waals surface area contributed by atoms with Gasteiger partial charge in [0.2, 0.25) is 0 Å². The van der Waals surface area contributed by atoms with Crippen LogP contribution in [0.2, 0.25) is 0 Å². The van der Waals surface area contributed by atoms with E-state index in [1.165, 1.54) is 17.5 Å². The van der Waals surface area contributed by atoms with Crippen molar-refractivity contribution in [3.63, 3.8) is 0 Å². The molecule has 1 fully saturated rings. The zero-order valence-electron chi connectivity index (χ0n) is 11.2. The molecule has 0 bridgehead atoms. The van der Waals surface area contributed by atoms with Crippen molar-refractivity contribution in [3.8, 4) is 0 Å². The first-order valence-electron chi connectivity index (χ1n) is 6.95. The summed E-state index contributed by atoms with van der Waals surface area (Å²) in [6.07, 6.45) is 4.91. The minimum absolute atomic E-state index is 0.394. The minimum atomic E-state index is 0.394. The predicted octanol–water partition coefficient (Wildman–Crippen LogP) is 2.93. The van der Waals surface area contributed by atoms with Gasteiger partial charge in [0.25, 0.3) is 0 Å². The van der Waals surface area contributed by atoms with Gasteiger partial charge in [0.05, 0.1) is 6.20 Å². The molecule has 0 radical (unpaired) electrons. The molecule has 0 amide bonds. The van der Waals surface area contributed by atoms with Crippen LogP contribution in [-0.2, 0) is 0 Å². The second-order valence-electron chi connectivity index (χ2n) is 5.13. The van der Waals surface area contributed by atoms with E-state index in [4.69, 9.17) is 0 Å². The van der Waals surface area contributed by atoms with Crippen LogP contribution in [0.15, 0.2) is 48.8 Å². The highest BCUT2D eigenvalue weighted by molar-refractivity contribution is 5.29. The SMILES string of the molecule is CCNC(c1ccnnc1)C1CC1c1ccccc1. The molecule has 19 heavy (non-hydrogen) atoms. The van der Waals surface area contributed by atoms with Crippen LogP contribution in [0.1, 0.15) is 36.4 Å². The van der Waals surface area contributed by atoms with Crippen molar-refractivity contribution in [3.05, 3.63) is 59.9 Å². The summed E-state index contributed by atoms with van der Waals surface area (Å²) in [4.78, 5) is 0. The first-order chi connectivity index (χ1) is 9.40. The van der Waals surface area contributed by atoms with Crippen molar-refractivity contribution < 1.29 is 0 Å². The van der Waals surface area contributed by atoms with Gasteiger partial charge >= 0.3 is 0 Å². The van der Waals surface area contributed by atoms with E-state index in [0.29, 0.717) is 17.9 Å². The van der Waals surface area contributed by atoms with Crippen molar-refractivity contribution in [1.82, 2.24) is 15.5 Å². The Bertz CT molecular complexity index is 512. The van der Waals surface area contributed by atoms with Gasteiger partial charge < -0.3 is 5.32 Å². The predicted molar refractivity (Wildman–Crippen MR) is 75.7 cm³/mol. The topological polar surface area (TPSA) is 37.8 Å². The van der Waals surface area contributed by atoms with E-state index in [1.54, 1.807) is 6.20 Å². The van der Waals surface area contributed by atoms with E-state index in [9.17, 15) is 0 Å². The summed E-state index contributed by atoms with van der Waals surface area (Å²) in [7, 11) is 0. The molecule has 1 saturated carbocycles. The van der Waals surface area contributed by atoms with Crippen LogP contribution in [-0.4, -0.2) is 16.7 Å². The summed E-state index contributed by atoms with van der Waals surface area (Å²) in [5.41, 5.74) is 2.71. The Labute approximate surface area is 114 Å². The molecule has 1 aliphatic rings. The largest absolute Gasteiger partial charge is 0.310 e. The molecular formula is C16H19N3. The maximum atomic E-state index is 4.01. The van der Waals surface area contributed by atoms with Crippen LogP contribution in [0.4, 0.5) is 0 Å². The van der Waals surface area contributed by atoms with Crippen molar-refractivity contribution in [2.75, 3.05) is 6.54 Å². The summed E-state index contributed by atoms with van der Waals surface area (Å²) in [6.45, 7) is 3.13. The lowest BCUT2D eigenvalue weighted by atomic mass is 10.0. The highest BCUT2D eigenvalue weighted by Crippen LogP contribution is 2.53. The quantitative estimate of drug-likeness (QED) is 0.890. The van der Waals surface area contributed by atoms with Gasteiger partial charge in [-0.05, 0) is 42.0 Å². The van der Waals surface area contributed by atoms with Crippen molar-refractivity contribution in [2.45, 2.75) is 25.3 Å². The molecule has 1 aromatic heterocycles. The van der Waals surface area contributed by atoms with Crippen molar-refractivity contribution in [2.24, 2.45) is 5.92 Å². The van der Waals surface area contributed by atoms with Crippen molar-refractivity contribution in [1.29, 1.82) is 0 Å². The summed E-state index contributed by atoms with van der Waals surface area (Å²) in [6, 6.07) is 13.3. The average Bonchev–Trinajstić information content (AvgIpc) is 3.27. The van der Waals surface area contributed by atoms with Gasteiger partial charge in [-0.15, -0.1) is 0 Å². The number of nitrogens with one attached hydrogen (secondary N) is 1. The number of nitrogens with zero attached hydrogens (tertiary/aromatic N) is 2. The molecule has 3 rings (SSSR count). The van der Waals surface area contributed by atoms with Crippen LogP contribution in [0.25, 0.3) is 0 Å². The summed E-state index contributed by atoms with van der Waals surface area (Å²) >= 11 is 0. The lowest BCUT2D eigenvalue weighted by Gasteiger charge is -2.18. The average molecular weight is 253 g/mol. The standard InChI is InChI=1S/C16H19N3/c1-2-17-16(13-8-9-18-19-11-13)15-10-14(15)12-6-4-3-5-7-12/h3-9,11,14-17H,2,10H2,1H3. The fourth-order valence-electron chi connectivity index (χ4n) is 2.89. The summed E-state index contributed by atoms with van der Waals surface area (Å²) in [5, 5.41) is 11.5. The highest BCUT2D eigenvalue weighted by Gasteiger charge is 2.44. The molecule has 1 heterocycles. The normalized spacial score (nSPS) is 23.0. The van der Waals surface area contributed by atoms with Gasteiger partial charge in [-0.2, -0.15) is 10.2 Å². The second kappa shape index (κ2) is 5.49. The van der Waals surface area contributed by atoms with Crippen LogP contribution >= 0.6 is 0 Å². The molecule has 3 unspecified atom stereocenters. The Morgan fingerprint density at radius 2 is 2.05 bits per heavy atom. The molecular weight excluding hydrogens is 234 g/mol. The maximum absolute atomic E-state index is 4.01. The molecule has 1 N–H and O–H groups in total. The van der Waals surface area contributed by atoms with Gasteiger partial charge in [0.15, 0.2) is 0 Å². The van der Waals surface area contributed by atoms with E-state index >= 15 is 0 Å². The van der Waals surface area contributed by atoms with Gasteiger partial charge in [-0.1, -0.05) is 37.3 Å². The third-order valence-electron chi connectivity index (χ3n) is 3.89. The molecule has 1 aliphatic carbocycles. The maximum Gasteiger partial charge on any atom is 0.0544 e.